The Morgan fingerprint density at radius 1 is 1.29 bits per heavy atom. The van der Waals surface area contributed by atoms with Gasteiger partial charge in [0.05, 0.1) is 10.8 Å². The molecule has 7 nitrogen and oxygen atoms in total. The molecule has 0 aliphatic carbocycles. The van der Waals surface area contributed by atoms with Crippen LogP contribution in [0.2, 0.25) is 0 Å². The van der Waals surface area contributed by atoms with Crippen LogP contribution in [-0.4, -0.2) is 49.9 Å². The molecule has 0 radical (unpaired) electrons. The highest BCUT2D eigenvalue weighted by Gasteiger charge is 2.36. The summed E-state index contributed by atoms with van der Waals surface area (Å²) in [6.07, 6.45) is -0.0700. The zero-order valence-corrected chi connectivity index (χ0v) is 13.9. The van der Waals surface area contributed by atoms with Crippen LogP contribution in [0.25, 0.3) is 0 Å². The molecule has 0 unspecified atom stereocenters. The van der Waals surface area contributed by atoms with Gasteiger partial charge in [-0.25, -0.2) is 17.5 Å². The SMILES string of the molecule is C[C@@H]1CN(C(=O)CCNS(=O)(=O)c2ccc(F)cc2)C[C@H]1C(=O)O. The summed E-state index contributed by atoms with van der Waals surface area (Å²) in [6, 6.07) is 4.35. The third-order valence-corrected chi connectivity index (χ3v) is 5.51. The van der Waals surface area contributed by atoms with E-state index in [0.29, 0.717) is 6.54 Å². The summed E-state index contributed by atoms with van der Waals surface area (Å²) in [6.45, 7) is 2.14. The van der Waals surface area contributed by atoms with Gasteiger partial charge < -0.3 is 10.0 Å². The van der Waals surface area contributed by atoms with Gasteiger partial charge in [-0.3, -0.25) is 9.59 Å². The molecule has 0 aromatic heterocycles. The summed E-state index contributed by atoms with van der Waals surface area (Å²) in [7, 11) is -3.81. The maximum atomic E-state index is 12.8. The van der Waals surface area contributed by atoms with Crippen LogP contribution < -0.4 is 4.72 Å². The molecular formula is C15H19FN2O5S. The molecule has 24 heavy (non-hydrogen) atoms. The predicted octanol–water partition coefficient (Wildman–Crippen LogP) is 0.673. The zero-order valence-electron chi connectivity index (χ0n) is 13.1. The number of hydrogen-bond donors (Lipinski definition) is 2. The number of nitrogens with zero attached hydrogens (tertiary/aromatic N) is 1. The van der Waals surface area contributed by atoms with Crippen molar-refractivity contribution >= 4 is 21.9 Å². The van der Waals surface area contributed by atoms with Gasteiger partial charge >= 0.3 is 5.97 Å². The van der Waals surface area contributed by atoms with Crippen LogP contribution in [0.3, 0.4) is 0 Å². The highest BCUT2D eigenvalue weighted by molar-refractivity contribution is 7.89. The maximum absolute atomic E-state index is 12.8. The van der Waals surface area contributed by atoms with Crippen LogP contribution >= 0.6 is 0 Å². The van der Waals surface area contributed by atoms with Gasteiger partial charge in [-0.05, 0) is 30.2 Å². The standard InChI is InChI=1S/C15H19FN2O5S/c1-10-8-18(9-13(10)15(20)21)14(19)6-7-17-24(22,23)12-4-2-11(16)3-5-12/h2-5,10,13,17H,6-9H2,1H3,(H,20,21)/t10-,13-/m1/s1. The Morgan fingerprint density at radius 2 is 1.92 bits per heavy atom. The van der Waals surface area contributed by atoms with Crippen LogP contribution in [0, 0.1) is 17.7 Å². The number of carbonyl (C=O) groups is 2. The highest BCUT2D eigenvalue weighted by atomic mass is 32.2. The fourth-order valence-corrected chi connectivity index (χ4v) is 3.67. The Hall–Kier alpha value is -2.00. The molecule has 9 heteroatoms. The molecule has 1 heterocycles. The third kappa shape index (κ3) is 4.30. The van der Waals surface area contributed by atoms with Gasteiger partial charge in [-0.1, -0.05) is 6.92 Å². The van der Waals surface area contributed by atoms with E-state index < -0.39 is 27.7 Å². The monoisotopic (exact) mass is 358 g/mol. The van der Waals surface area contributed by atoms with E-state index in [2.05, 4.69) is 4.72 Å². The van der Waals surface area contributed by atoms with Crippen molar-refractivity contribution in [2.45, 2.75) is 18.2 Å². The lowest BCUT2D eigenvalue weighted by Crippen LogP contribution is -2.33. The minimum atomic E-state index is -3.81. The Balaban J connectivity index is 1.86. The van der Waals surface area contributed by atoms with E-state index in [9.17, 15) is 22.4 Å². The van der Waals surface area contributed by atoms with Crippen molar-refractivity contribution in [2.75, 3.05) is 19.6 Å². The number of likely N-dealkylation sites (tertiary alicyclic amines) is 1. The molecule has 1 amide bonds. The largest absolute Gasteiger partial charge is 0.481 e. The predicted molar refractivity (Wildman–Crippen MR) is 83.1 cm³/mol. The topological polar surface area (TPSA) is 104 Å². The number of rotatable bonds is 6. The van der Waals surface area contributed by atoms with Crippen LogP contribution in [-0.2, 0) is 19.6 Å². The number of halogens is 1. The third-order valence-electron chi connectivity index (χ3n) is 4.04. The first kappa shape index (κ1) is 18.3. The molecule has 132 valence electrons. The van der Waals surface area contributed by atoms with Crippen molar-refractivity contribution < 1.29 is 27.5 Å². The summed E-state index contributed by atoms with van der Waals surface area (Å²) in [5.41, 5.74) is 0. The summed E-state index contributed by atoms with van der Waals surface area (Å²) >= 11 is 0. The zero-order chi connectivity index (χ0) is 17.9. The van der Waals surface area contributed by atoms with Crippen molar-refractivity contribution in [1.82, 2.24) is 9.62 Å². The minimum Gasteiger partial charge on any atom is -0.481 e. The quantitative estimate of drug-likeness (QED) is 0.778. The molecule has 2 atom stereocenters. The van der Waals surface area contributed by atoms with E-state index in [4.69, 9.17) is 5.11 Å². The van der Waals surface area contributed by atoms with E-state index in [1.54, 1.807) is 6.92 Å². The average molecular weight is 358 g/mol. The first-order valence-corrected chi connectivity index (χ1v) is 8.95. The normalized spacial score (nSPS) is 21.0. The number of carbonyl (C=O) groups excluding carboxylic acids is 1. The molecule has 2 rings (SSSR count). The van der Waals surface area contributed by atoms with Gasteiger partial charge in [-0.2, -0.15) is 0 Å². The van der Waals surface area contributed by atoms with Crippen molar-refractivity contribution in [3.8, 4) is 0 Å². The molecule has 0 saturated carbocycles. The van der Waals surface area contributed by atoms with E-state index in [0.717, 1.165) is 24.3 Å². The summed E-state index contributed by atoms with van der Waals surface area (Å²) in [5.74, 6) is -2.50. The average Bonchev–Trinajstić information content (AvgIpc) is 2.89. The maximum Gasteiger partial charge on any atom is 0.308 e. The molecular weight excluding hydrogens is 339 g/mol. The van der Waals surface area contributed by atoms with E-state index in [1.165, 1.54) is 4.90 Å². The fourth-order valence-electron chi connectivity index (χ4n) is 2.64. The van der Waals surface area contributed by atoms with Crippen molar-refractivity contribution in [1.29, 1.82) is 0 Å². The second-order valence-electron chi connectivity index (χ2n) is 5.82. The van der Waals surface area contributed by atoms with Gasteiger partial charge in [0.25, 0.3) is 0 Å². The molecule has 1 aliphatic rings. The number of carboxylic acid groups (broad SMARTS) is 1. The van der Waals surface area contributed by atoms with E-state index >= 15 is 0 Å². The molecule has 2 N–H and O–H groups in total. The van der Waals surface area contributed by atoms with Gasteiger partial charge in [0, 0.05) is 26.1 Å². The van der Waals surface area contributed by atoms with Crippen molar-refractivity contribution in [2.24, 2.45) is 11.8 Å². The number of nitrogens with one attached hydrogen (secondary N) is 1. The molecule has 1 aromatic rings. The number of benzene rings is 1. The van der Waals surface area contributed by atoms with Crippen LogP contribution in [0.1, 0.15) is 13.3 Å². The lowest BCUT2D eigenvalue weighted by atomic mass is 9.99. The molecule has 0 spiro atoms. The highest BCUT2D eigenvalue weighted by Crippen LogP contribution is 2.23. The first-order chi connectivity index (χ1) is 11.2. The second-order valence-corrected chi connectivity index (χ2v) is 7.59. The summed E-state index contributed by atoms with van der Waals surface area (Å²) in [4.78, 5) is 24.5. The lowest BCUT2D eigenvalue weighted by Gasteiger charge is -2.16. The van der Waals surface area contributed by atoms with Crippen molar-refractivity contribution in [3.63, 3.8) is 0 Å². The molecule has 1 fully saturated rings. The Morgan fingerprint density at radius 3 is 2.46 bits per heavy atom. The second kappa shape index (κ2) is 7.27. The van der Waals surface area contributed by atoms with E-state index in [-0.39, 0.29) is 36.2 Å². The fraction of sp³-hybridized carbons (Fsp3) is 0.467. The van der Waals surface area contributed by atoms with Gasteiger partial charge in [-0.15, -0.1) is 0 Å². The minimum absolute atomic E-state index is 0.0700. The number of carboxylic acids is 1. The van der Waals surface area contributed by atoms with Crippen LogP contribution in [0.15, 0.2) is 29.2 Å². The number of hydrogen-bond acceptors (Lipinski definition) is 4. The molecule has 0 bridgehead atoms. The van der Waals surface area contributed by atoms with Gasteiger partial charge in [0.15, 0.2) is 0 Å². The molecule has 1 saturated heterocycles. The summed E-state index contributed by atoms with van der Waals surface area (Å²) < 4.78 is 39.1. The summed E-state index contributed by atoms with van der Waals surface area (Å²) in [5, 5.41) is 9.06. The Labute approximate surface area is 139 Å². The van der Waals surface area contributed by atoms with Gasteiger partial charge in [0.1, 0.15) is 5.82 Å². The lowest BCUT2D eigenvalue weighted by molar-refractivity contribution is -0.142. The molecule has 1 aliphatic heterocycles. The van der Waals surface area contributed by atoms with Crippen molar-refractivity contribution in [3.05, 3.63) is 30.1 Å². The smallest absolute Gasteiger partial charge is 0.308 e. The number of sulfonamides is 1. The van der Waals surface area contributed by atoms with Gasteiger partial charge in [0.2, 0.25) is 15.9 Å². The first-order valence-electron chi connectivity index (χ1n) is 7.46. The van der Waals surface area contributed by atoms with Crippen LogP contribution in [0.5, 0.6) is 0 Å². The Bertz CT molecular complexity index is 720. The number of amides is 1. The Kier molecular flexibility index (Phi) is 5.55. The van der Waals surface area contributed by atoms with E-state index in [1.807, 2.05) is 0 Å². The molecule has 1 aromatic carbocycles. The number of aliphatic carboxylic acids is 1. The van der Waals surface area contributed by atoms with Crippen LogP contribution in [0.4, 0.5) is 4.39 Å².